The molecule has 2 N–H and O–H groups in total. The first kappa shape index (κ1) is 21.4. The van der Waals surface area contributed by atoms with Crippen molar-refractivity contribution in [2.75, 3.05) is 50.0 Å². The van der Waals surface area contributed by atoms with Crippen LogP contribution in [-0.2, 0) is 10.9 Å². The lowest BCUT2D eigenvalue weighted by molar-refractivity contribution is -0.137. The predicted octanol–water partition coefficient (Wildman–Crippen LogP) is 3.48. The maximum Gasteiger partial charge on any atom is 0.419 e. The van der Waals surface area contributed by atoms with Crippen molar-refractivity contribution in [3.05, 3.63) is 35.5 Å². The van der Waals surface area contributed by atoms with Gasteiger partial charge in [0.2, 0.25) is 0 Å². The fourth-order valence-electron chi connectivity index (χ4n) is 4.57. The van der Waals surface area contributed by atoms with Crippen LogP contribution in [0.2, 0.25) is 0 Å². The Labute approximate surface area is 183 Å². The molecule has 0 spiro atoms. The second-order valence-corrected chi connectivity index (χ2v) is 8.80. The Morgan fingerprint density at radius 1 is 1.06 bits per heavy atom. The Balaban J connectivity index is 1.46. The van der Waals surface area contributed by atoms with Gasteiger partial charge in [-0.15, -0.1) is 0 Å². The summed E-state index contributed by atoms with van der Waals surface area (Å²) >= 11 is 0. The lowest BCUT2D eigenvalue weighted by Crippen LogP contribution is -2.51. The minimum atomic E-state index is -4.61. The zero-order valence-electron chi connectivity index (χ0n) is 17.5. The highest BCUT2D eigenvalue weighted by molar-refractivity contribution is 5.66. The predicted molar refractivity (Wildman–Crippen MR) is 112 cm³/mol. The molecule has 3 aliphatic heterocycles. The summed E-state index contributed by atoms with van der Waals surface area (Å²) in [6.45, 7) is 3.93. The monoisotopic (exact) mass is 451 g/mol. The van der Waals surface area contributed by atoms with E-state index in [0.29, 0.717) is 17.6 Å². The molecule has 172 valence electrons. The molecule has 0 amide bonds. The van der Waals surface area contributed by atoms with Crippen LogP contribution in [-0.4, -0.2) is 66.5 Å². The number of alkyl halides is 4. The van der Waals surface area contributed by atoms with Gasteiger partial charge in [0, 0.05) is 11.8 Å². The molecule has 10 heteroatoms. The number of aromatic nitrogens is 2. The number of piperidine rings is 1. The second-order valence-electron chi connectivity index (χ2n) is 8.80. The summed E-state index contributed by atoms with van der Waals surface area (Å²) in [6.07, 6.45) is -2.32. The summed E-state index contributed by atoms with van der Waals surface area (Å²) in [5.74, 6) is 0.290. The van der Waals surface area contributed by atoms with Gasteiger partial charge in [0.05, 0.1) is 43.6 Å². The molecule has 2 aromatic heterocycles. The summed E-state index contributed by atoms with van der Waals surface area (Å²) < 4.78 is 58.9. The maximum atomic E-state index is 13.5. The third-order valence-electron chi connectivity index (χ3n) is 6.65. The molecule has 32 heavy (non-hydrogen) atoms. The number of halogens is 4. The molecular weight excluding hydrogens is 426 g/mol. The van der Waals surface area contributed by atoms with E-state index in [0.717, 1.165) is 50.8 Å². The molecular formula is C22H25F4N5O. The van der Waals surface area contributed by atoms with Gasteiger partial charge in [-0.3, -0.25) is 4.90 Å². The Kier molecular flexibility index (Phi) is 5.45. The van der Waals surface area contributed by atoms with E-state index in [1.807, 2.05) is 17.0 Å². The van der Waals surface area contributed by atoms with Gasteiger partial charge >= 0.3 is 6.18 Å². The molecule has 0 atom stereocenters. The van der Waals surface area contributed by atoms with Gasteiger partial charge in [-0.2, -0.15) is 13.2 Å². The van der Waals surface area contributed by atoms with Crippen molar-refractivity contribution in [1.82, 2.24) is 14.9 Å². The molecule has 0 bridgehead atoms. The number of anilines is 2. The molecule has 0 aromatic carbocycles. The van der Waals surface area contributed by atoms with Gasteiger partial charge in [0.25, 0.3) is 0 Å². The first-order chi connectivity index (χ1) is 15.3. The number of nitrogens with zero attached hydrogens (tertiary/aromatic N) is 4. The van der Waals surface area contributed by atoms with Gasteiger partial charge in [-0.05, 0) is 55.6 Å². The van der Waals surface area contributed by atoms with Crippen molar-refractivity contribution in [3.63, 3.8) is 0 Å². The normalized spacial score (nSPS) is 21.4. The van der Waals surface area contributed by atoms with Crippen molar-refractivity contribution in [1.29, 1.82) is 0 Å². The zero-order valence-corrected chi connectivity index (χ0v) is 17.5. The summed E-state index contributed by atoms with van der Waals surface area (Å²) in [5, 5.41) is 0. The molecule has 0 unspecified atom stereocenters. The van der Waals surface area contributed by atoms with E-state index < -0.39 is 23.7 Å². The van der Waals surface area contributed by atoms with E-state index in [1.165, 1.54) is 6.20 Å². The average Bonchev–Trinajstić information content (AvgIpc) is 2.70. The van der Waals surface area contributed by atoms with Gasteiger partial charge < -0.3 is 15.4 Å². The van der Waals surface area contributed by atoms with Gasteiger partial charge in [-0.1, -0.05) is 0 Å². The summed E-state index contributed by atoms with van der Waals surface area (Å²) in [4.78, 5) is 12.6. The molecule has 3 fully saturated rings. The van der Waals surface area contributed by atoms with Crippen LogP contribution < -0.4 is 10.6 Å². The molecule has 5 heterocycles. The molecule has 0 saturated carbocycles. The van der Waals surface area contributed by atoms with Crippen LogP contribution in [0.1, 0.15) is 29.9 Å². The highest BCUT2D eigenvalue weighted by atomic mass is 19.4. The SMILES string of the molecule is Nc1ncc(-c2cc(C3CCN(C4COC4)CC3)cc(N3CC(F)C3)n2)cc1C(F)(F)F. The average molecular weight is 451 g/mol. The number of likely N-dealkylation sites (tertiary alicyclic amines) is 1. The van der Waals surface area contributed by atoms with Gasteiger partial charge in [0.1, 0.15) is 17.8 Å². The molecule has 3 aliphatic rings. The van der Waals surface area contributed by atoms with Crippen LogP contribution >= 0.6 is 0 Å². The van der Waals surface area contributed by atoms with Crippen LogP contribution in [0.5, 0.6) is 0 Å². The van der Waals surface area contributed by atoms with E-state index in [4.69, 9.17) is 10.5 Å². The summed E-state index contributed by atoms with van der Waals surface area (Å²) in [7, 11) is 0. The van der Waals surface area contributed by atoms with Crippen LogP contribution in [0.4, 0.5) is 29.2 Å². The topological polar surface area (TPSA) is 67.5 Å². The standard InChI is InChI=1S/C22H25F4N5O/c23-16-9-31(10-16)20-7-14(13-1-3-30(4-2-13)17-11-32-12-17)6-19(29-20)15-5-18(22(24,25)26)21(27)28-8-15/h5-8,13,16-17H,1-4,9-12H2,(H2,27,28). The second kappa shape index (κ2) is 8.15. The van der Waals surface area contributed by atoms with E-state index >= 15 is 0 Å². The van der Waals surface area contributed by atoms with E-state index in [-0.39, 0.29) is 24.6 Å². The third-order valence-corrected chi connectivity index (χ3v) is 6.65. The fourth-order valence-corrected chi connectivity index (χ4v) is 4.57. The highest BCUT2D eigenvalue weighted by Crippen LogP contribution is 2.38. The van der Waals surface area contributed by atoms with E-state index in [1.54, 1.807) is 0 Å². The number of hydrogen-bond acceptors (Lipinski definition) is 6. The number of nitrogens with two attached hydrogens (primary N) is 1. The van der Waals surface area contributed by atoms with E-state index in [9.17, 15) is 17.6 Å². The minimum absolute atomic E-state index is 0.240. The Bertz CT molecular complexity index is 983. The molecule has 0 aliphatic carbocycles. The highest BCUT2D eigenvalue weighted by Gasteiger charge is 2.35. The van der Waals surface area contributed by atoms with Crippen molar-refractivity contribution in [3.8, 4) is 11.3 Å². The number of rotatable bonds is 4. The fraction of sp³-hybridized carbons (Fsp3) is 0.545. The third kappa shape index (κ3) is 4.13. The first-order valence-corrected chi connectivity index (χ1v) is 10.8. The zero-order chi connectivity index (χ0) is 22.5. The molecule has 6 nitrogen and oxygen atoms in total. The van der Waals surface area contributed by atoms with Crippen molar-refractivity contribution < 1.29 is 22.3 Å². The van der Waals surface area contributed by atoms with Crippen molar-refractivity contribution in [2.24, 2.45) is 0 Å². The minimum Gasteiger partial charge on any atom is -0.383 e. The maximum absolute atomic E-state index is 13.5. The van der Waals surface area contributed by atoms with Crippen molar-refractivity contribution in [2.45, 2.75) is 37.1 Å². The Hall–Kier alpha value is -2.46. The summed E-state index contributed by atoms with van der Waals surface area (Å²) in [5.41, 5.74) is 6.14. The van der Waals surface area contributed by atoms with Crippen LogP contribution in [0.25, 0.3) is 11.3 Å². The molecule has 0 radical (unpaired) electrons. The van der Waals surface area contributed by atoms with Crippen LogP contribution in [0.3, 0.4) is 0 Å². The quantitative estimate of drug-likeness (QED) is 0.718. The lowest BCUT2D eigenvalue weighted by atomic mass is 9.88. The molecule has 3 saturated heterocycles. The molecule has 5 rings (SSSR count). The summed E-state index contributed by atoms with van der Waals surface area (Å²) in [6, 6.07) is 5.28. The smallest absolute Gasteiger partial charge is 0.383 e. The van der Waals surface area contributed by atoms with Gasteiger partial charge in [0.15, 0.2) is 0 Å². The number of nitrogen functional groups attached to an aromatic ring is 1. The van der Waals surface area contributed by atoms with Gasteiger partial charge in [-0.25, -0.2) is 14.4 Å². The van der Waals surface area contributed by atoms with Crippen LogP contribution in [0, 0.1) is 0 Å². The number of pyridine rings is 2. The number of hydrogen-bond donors (Lipinski definition) is 1. The van der Waals surface area contributed by atoms with Crippen molar-refractivity contribution >= 4 is 11.6 Å². The first-order valence-electron chi connectivity index (χ1n) is 10.8. The van der Waals surface area contributed by atoms with Crippen LogP contribution in [0.15, 0.2) is 24.4 Å². The Morgan fingerprint density at radius 2 is 1.78 bits per heavy atom. The largest absolute Gasteiger partial charge is 0.419 e. The molecule has 2 aromatic rings. The van der Waals surface area contributed by atoms with E-state index in [2.05, 4.69) is 14.9 Å². The lowest BCUT2D eigenvalue weighted by Gasteiger charge is -2.41. The number of ether oxygens (including phenoxy) is 1. The Morgan fingerprint density at radius 3 is 2.38 bits per heavy atom.